The minimum atomic E-state index is -4.50. The molecule has 1 amide bonds. The van der Waals surface area contributed by atoms with Crippen molar-refractivity contribution >= 4 is 27.5 Å². The van der Waals surface area contributed by atoms with Crippen LogP contribution in [0.1, 0.15) is 31.4 Å². The molecule has 0 radical (unpaired) electrons. The minimum Gasteiger partial charge on any atom is -0.457 e. The van der Waals surface area contributed by atoms with Crippen LogP contribution >= 0.6 is 11.3 Å². The minimum absolute atomic E-state index is 0.0919. The number of benzene rings is 2. The Labute approximate surface area is 230 Å². The quantitative estimate of drug-likeness (QED) is 0.265. The van der Waals surface area contributed by atoms with Crippen molar-refractivity contribution in [3.63, 3.8) is 0 Å². The van der Waals surface area contributed by atoms with Gasteiger partial charge >= 0.3 is 10.3 Å². The van der Waals surface area contributed by atoms with Crippen LogP contribution in [0.4, 0.5) is 0 Å². The zero-order valence-corrected chi connectivity index (χ0v) is 23.0. The summed E-state index contributed by atoms with van der Waals surface area (Å²) in [6.07, 6.45) is -4.68. The summed E-state index contributed by atoms with van der Waals surface area (Å²) in [6.45, 7) is 3.07. The molecule has 1 aromatic heterocycles. The molecule has 5 N–H and O–H groups in total. The number of carbonyl (C=O) groups excluding carboxylic acids is 1. The molecule has 0 saturated carbocycles. The molecule has 1 aliphatic rings. The molecule has 2 heterocycles. The fourth-order valence-electron chi connectivity index (χ4n) is 3.96. The lowest BCUT2D eigenvalue weighted by Gasteiger charge is -2.16. The number of aliphatic hydroxyl groups excluding tert-OH is 2. The van der Waals surface area contributed by atoms with Gasteiger partial charge in [-0.05, 0) is 48.7 Å². The first-order chi connectivity index (χ1) is 18.5. The van der Waals surface area contributed by atoms with Crippen molar-refractivity contribution in [1.29, 1.82) is 0 Å². The van der Waals surface area contributed by atoms with Crippen LogP contribution in [0.2, 0.25) is 0 Å². The van der Waals surface area contributed by atoms with Gasteiger partial charge in [-0.1, -0.05) is 32.0 Å². The largest absolute Gasteiger partial charge is 0.457 e. The van der Waals surface area contributed by atoms with E-state index in [1.54, 1.807) is 10.1 Å². The van der Waals surface area contributed by atoms with E-state index >= 15 is 0 Å². The van der Waals surface area contributed by atoms with E-state index in [1.165, 1.54) is 11.3 Å². The standard InChI is InChI=1S/C26H31N3O8S2/c1-15(2)12-19(27)25(32)29-39(33,34)35-13-21-22(30)23(31)24(37-21)26-28-20(14-38-26)16-8-10-18(11-9-16)36-17-6-4-3-5-7-17/h3-11,14-15,19,21-24,30-31H,12-13,27H2,1-2H3,(H,29,32)/t19-,21+,22+,23+,24+/m0/s1. The first kappa shape index (κ1) is 29.1. The van der Waals surface area contributed by atoms with Gasteiger partial charge in [0.25, 0.3) is 5.91 Å². The SMILES string of the molecule is CC(C)C[C@H](N)C(=O)NS(=O)(=O)OC[C@H]1O[C@@H](c2nc(-c3ccc(Oc4ccccc4)cc3)cs2)[C@H](O)[C@@H]1O. The molecule has 0 aliphatic carbocycles. The predicted octanol–water partition coefficient (Wildman–Crippen LogP) is 2.52. The third kappa shape index (κ3) is 7.60. The van der Waals surface area contributed by atoms with E-state index in [1.807, 2.05) is 68.4 Å². The maximum atomic E-state index is 12.2. The summed E-state index contributed by atoms with van der Waals surface area (Å²) in [5.41, 5.74) is 7.15. The Balaban J connectivity index is 1.35. The number of hydrogen-bond acceptors (Lipinski definition) is 11. The third-order valence-corrected chi connectivity index (χ3v) is 7.74. The molecule has 1 aliphatic heterocycles. The van der Waals surface area contributed by atoms with E-state index in [0.717, 1.165) is 11.3 Å². The lowest BCUT2D eigenvalue weighted by Crippen LogP contribution is -2.45. The predicted molar refractivity (Wildman–Crippen MR) is 144 cm³/mol. The maximum Gasteiger partial charge on any atom is 0.362 e. The molecular weight excluding hydrogens is 546 g/mol. The molecule has 2 aromatic carbocycles. The number of aliphatic hydroxyl groups is 2. The number of nitrogens with one attached hydrogen (secondary N) is 1. The van der Waals surface area contributed by atoms with Gasteiger partial charge in [0.1, 0.15) is 40.9 Å². The number of carbonyl (C=O) groups is 1. The van der Waals surface area contributed by atoms with Crippen molar-refractivity contribution in [3.8, 4) is 22.8 Å². The Bertz CT molecular complexity index is 1350. The van der Waals surface area contributed by atoms with Gasteiger partial charge in [0, 0.05) is 10.9 Å². The highest BCUT2D eigenvalue weighted by Crippen LogP contribution is 2.37. The molecule has 39 heavy (non-hydrogen) atoms. The van der Waals surface area contributed by atoms with Gasteiger partial charge in [-0.3, -0.25) is 8.98 Å². The van der Waals surface area contributed by atoms with Gasteiger partial charge < -0.3 is 25.4 Å². The topological polar surface area (TPSA) is 170 Å². The third-order valence-electron chi connectivity index (χ3n) is 5.93. The fraction of sp³-hybridized carbons (Fsp3) is 0.385. The lowest BCUT2D eigenvalue weighted by atomic mass is 10.0. The fourth-order valence-corrected chi connectivity index (χ4v) is 5.63. The Hall–Kier alpha value is -2.91. The van der Waals surface area contributed by atoms with E-state index in [4.69, 9.17) is 19.4 Å². The van der Waals surface area contributed by atoms with E-state index in [9.17, 15) is 23.4 Å². The van der Waals surface area contributed by atoms with Crippen LogP contribution < -0.4 is 15.2 Å². The van der Waals surface area contributed by atoms with Crippen LogP contribution in [0.5, 0.6) is 11.5 Å². The average molecular weight is 578 g/mol. The number of rotatable bonds is 11. The number of aromatic nitrogens is 1. The zero-order chi connectivity index (χ0) is 28.2. The lowest BCUT2D eigenvalue weighted by molar-refractivity contribution is -0.121. The van der Waals surface area contributed by atoms with Crippen molar-refractivity contribution in [3.05, 3.63) is 65.0 Å². The highest BCUT2D eigenvalue weighted by Gasteiger charge is 2.45. The maximum absolute atomic E-state index is 12.2. The van der Waals surface area contributed by atoms with E-state index in [-0.39, 0.29) is 5.92 Å². The summed E-state index contributed by atoms with van der Waals surface area (Å²) in [5, 5.41) is 23.2. The van der Waals surface area contributed by atoms with E-state index in [0.29, 0.717) is 22.9 Å². The zero-order valence-electron chi connectivity index (χ0n) is 21.3. The highest BCUT2D eigenvalue weighted by atomic mass is 32.2. The molecule has 11 nitrogen and oxygen atoms in total. The molecule has 13 heteroatoms. The van der Waals surface area contributed by atoms with Crippen molar-refractivity contribution in [2.24, 2.45) is 11.7 Å². The Morgan fingerprint density at radius 3 is 2.44 bits per heavy atom. The van der Waals surface area contributed by atoms with Crippen LogP contribution in [0.25, 0.3) is 11.3 Å². The van der Waals surface area contributed by atoms with Gasteiger partial charge in [-0.25, -0.2) is 9.71 Å². The second-order valence-corrected chi connectivity index (χ2v) is 11.8. The van der Waals surface area contributed by atoms with Crippen molar-refractivity contribution in [1.82, 2.24) is 9.71 Å². The Kier molecular flexibility index (Phi) is 9.33. The van der Waals surface area contributed by atoms with Crippen LogP contribution in [0, 0.1) is 5.92 Å². The number of para-hydroxylation sites is 1. The molecule has 1 fully saturated rings. The number of nitrogens with two attached hydrogens (primary N) is 1. The molecule has 4 rings (SSSR count). The first-order valence-corrected chi connectivity index (χ1v) is 14.6. The molecule has 5 atom stereocenters. The van der Waals surface area contributed by atoms with Gasteiger partial charge in [-0.2, -0.15) is 8.42 Å². The number of thiazole rings is 1. The first-order valence-electron chi connectivity index (χ1n) is 12.3. The Morgan fingerprint density at radius 2 is 1.77 bits per heavy atom. The van der Waals surface area contributed by atoms with Gasteiger partial charge in [0.05, 0.1) is 18.3 Å². The van der Waals surface area contributed by atoms with Gasteiger partial charge in [-0.15, -0.1) is 11.3 Å². The summed E-state index contributed by atoms with van der Waals surface area (Å²) in [6, 6.07) is 15.7. The number of hydrogen-bond donors (Lipinski definition) is 4. The van der Waals surface area contributed by atoms with Crippen LogP contribution in [0.3, 0.4) is 0 Å². The normalized spacial score (nSPS) is 22.1. The van der Waals surface area contributed by atoms with Crippen LogP contribution in [-0.2, 0) is 24.0 Å². The van der Waals surface area contributed by atoms with E-state index in [2.05, 4.69) is 4.98 Å². The molecule has 210 valence electrons. The highest BCUT2D eigenvalue weighted by molar-refractivity contribution is 7.85. The smallest absolute Gasteiger partial charge is 0.362 e. The monoisotopic (exact) mass is 577 g/mol. The molecule has 1 saturated heterocycles. The molecule has 0 bridgehead atoms. The average Bonchev–Trinajstić information content (AvgIpc) is 3.48. The molecule has 3 aromatic rings. The number of nitrogens with zero attached hydrogens (tertiary/aromatic N) is 1. The molecular formula is C26H31N3O8S2. The second-order valence-electron chi connectivity index (χ2n) is 9.53. The molecule has 0 unspecified atom stereocenters. The van der Waals surface area contributed by atoms with Crippen molar-refractivity contribution in [2.75, 3.05) is 6.61 Å². The van der Waals surface area contributed by atoms with Crippen molar-refractivity contribution in [2.45, 2.75) is 50.7 Å². The summed E-state index contributed by atoms with van der Waals surface area (Å²) < 4.78 is 42.5. The van der Waals surface area contributed by atoms with E-state index < -0.39 is 53.3 Å². The Morgan fingerprint density at radius 1 is 1.10 bits per heavy atom. The van der Waals surface area contributed by atoms with Crippen LogP contribution in [0.15, 0.2) is 60.0 Å². The number of ether oxygens (including phenoxy) is 2. The van der Waals surface area contributed by atoms with Crippen LogP contribution in [-0.4, -0.2) is 60.5 Å². The summed E-state index contributed by atoms with van der Waals surface area (Å²) in [5.74, 6) is 0.572. The summed E-state index contributed by atoms with van der Waals surface area (Å²) in [4.78, 5) is 16.6. The summed E-state index contributed by atoms with van der Waals surface area (Å²) >= 11 is 1.23. The number of amides is 1. The summed E-state index contributed by atoms with van der Waals surface area (Å²) in [7, 11) is -4.50. The molecule has 0 spiro atoms. The van der Waals surface area contributed by atoms with Gasteiger partial charge in [0.2, 0.25) is 0 Å². The van der Waals surface area contributed by atoms with Crippen molar-refractivity contribution < 1.29 is 37.1 Å². The van der Waals surface area contributed by atoms with Gasteiger partial charge in [0.15, 0.2) is 0 Å². The second kappa shape index (κ2) is 12.5.